The van der Waals surface area contributed by atoms with Gasteiger partial charge in [0, 0.05) is 41.0 Å². The van der Waals surface area contributed by atoms with Crippen molar-refractivity contribution < 1.29 is 9.18 Å². The van der Waals surface area contributed by atoms with Crippen LogP contribution in [0.5, 0.6) is 0 Å². The number of aromatic nitrogens is 2. The largest absolute Gasteiger partial charge is 0.398 e. The molecule has 0 bridgehead atoms. The Morgan fingerprint density at radius 2 is 2.00 bits per heavy atom. The molecule has 3 rings (SSSR count). The molecule has 33 heavy (non-hydrogen) atoms. The summed E-state index contributed by atoms with van der Waals surface area (Å²) in [7, 11) is 0. The van der Waals surface area contributed by atoms with E-state index < -0.39 is 5.67 Å². The second-order valence-corrected chi connectivity index (χ2v) is 10.0. The predicted octanol–water partition coefficient (Wildman–Crippen LogP) is 5.78. The zero-order chi connectivity index (χ0) is 24.3. The summed E-state index contributed by atoms with van der Waals surface area (Å²) in [5.74, 6) is 0.0777. The van der Waals surface area contributed by atoms with Crippen molar-refractivity contribution in [3.8, 4) is 0 Å². The van der Waals surface area contributed by atoms with E-state index in [1.807, 2.05) is 40.8 Å². The average molecular weight is 453 g/mol. The molecule has 0 saturated heterocycles. The molecule has 1 fully saturated rings. The molecular formula is C27H37FN4O. The van der Waals surface area contributed by atoms with Gasteiger partial charge in [-0.1, -0.05) is 19.9 Å². The molecule has 6 heteroatoms. The van der Waals surface area contributed by atoms with E-state index in [0.717, 1.165) is 40.9 Å². The second-order valence-electron chi connectivity index (χ2n) is 10.0. The first-order chi connectivity index (χ1) is 15.5. The fourth-order valence-electron chi connectivity index (χ4n) is 4.02. The number of anilines is 1. The van der Waals surface area contributed by atoms with Crippen LogP contribution in [-0.2, 0) is 17.8 Å². The van der Waals surface area contributed by atoms with Crippen LogP contribution < -0.4 is 5.73 Å². The molecule has 2 unspecified atom stereocenters. The maximum absolute atomic E-state index is 14.6. The molecule has 0 aliphatic heterocycles. The van der Waals surface area contributed by atoms with Gasteiger partial charge in [0.15, 0.2) is 0 Å². The molecule has 178 valence electrons. The number of Topliss-reactive ketones (excluding diaryl/α,β-unsaturated/α-hetero) is 1. The maximum atomic E-state index is 14.6. The SMILES string of the molecule is CC(=NCc1cnc(CCC(C)(F)C(C)C)c(C)c1)c1c(N)ccnc1C(C)C(=O)C1CC1. The fourth-order valence-corrected chi connectivity index (χ4v) is 4.02. The van der Waals surface area contributed by atoms with Crippen molar-refractivity contribution in [3.05, 3.63) is 52.6 Å². The van der Waals surface area contributed by atoms with Crippen molar-refractivity contribution >= 4 is 17.2 Å². The first kappa shape index (κ1) is 25.0. The lowest BCUT2D eigenvalue weighted by atomic mass is 9.88. The number of nitrogens with zero attached hydrogens (tertiary/aromatic N) is 3. The summed E-state index contributed by atoms with van der Waals surface area (Å²) >= 11 is 0. The van der Waals surface area contributed by atoms with Gasteiger partial charge in [-0.05, 0) is 76.5 Å². The summed E-state index contributed by atoms with van der Waals surface area (Å²) < 4.78 is 14.6. The number of nitrogen functional groups attached to an aromatic ring is 1. The van der Waals surface area contributed by atoms with Crippen molar-refractivity contribution in [2.24, 2.45) is 16.8 Å². The number of hydrogen-bond acceptors (Lipinski definition) is 5. The number of hydrogen-bond donors (Lipinski definition) is 1. The van der Waals surface area contributed by atoms with Gasteiger partial charge in [-0.2, -0.15) is 0 Å². The minimum Gasteiger partial charge on any atom is -0.398 e. The summed E-state index contributed by atoms with van der Waals surface area (Å²) in [5.41, 5.74) is 10.8. The molecule has 1 aliphatic rings. The van der Waals surface area contributed by atoms with Crippen LogP contribution in [0.25, 0.3) is 0 Å². The first-order valence-corrected chi connectivity index (χ1v) is 11.9. The molecule has 0 spiro atoms. The molecule has 1 aliphatic carbocycles. The van der Waals surface area contributed by atoms with E-state index in [-0.39, 0.29) is 23.5 Å². The van der Waals surface area contributed by atoms with Gasteiger partial charge in [0.05, 0.1) is 18.2 Å². The molecule has 2 aromatic heterocycles. The minimum absolute atomic E-state index is 0.0264. The Balaban J connectivity index is 1.75. The highest BCUT2D eigenvalue weighted by Gasteiger charge is 2.35. The van der Waals surface area contributed by atoms with Crippen LogP contribution in [0.4, 0.5) is 10.1 Å². The number of aryl methyl sites for hydroxylation is 2. The van der Waals surface area contributed by atoms with E-state index >= 15 is 0 Å². The van der Waals surface area contributed by atoms with Gasteiger partial charge in [0.2, 0.25) is 0 Å². The number of aliphatic imine (C=N–C) groups is 1. The molecule has 2 heterocycles. The lowest BCUT2D eigenvalue weighted by Gasteiger charge is -2.24. The molecule has 5 nitrogen and oxygen atoms in total. The first-order valence-electron chi connectivity index (χ1n) is 11.9. The Hall–Kier alpha value is -2.63. The molecule has 0 radical (unpaired) electrons. The van der Waals surface area contributed by atoms with Crippen molar-refractivity contribution in [2.75, 3.05) is 5.73 Å². The Bertz CT molecular complexity index is 1040. The molecule has 1 saturated carbocycles. The van der Waals surface area contributed by atoms with Gasteiger partial charge in [-0.15, -0.1) is 0 Å². The van der Waals surface area contributed by atoms with E-state index in [2.05, 4.69) is 16.0 Å². The molecule has 0 aromatic carbocycles. The Morgan fingerprint density at radius 1 is 1.30 bits per heavy atom. The van der Waals surface area contributed by atoms with Crippen LogP contribution in [0.2, 0.25) is 0 Å². The highest BCUT2D eigenvalue weighted by atomic mass is 19.1. The monoisotopic (exact) mass is 452 g/mol. The number of alkyl halides is 1. The van der Waals surface area contributed by atoms with Crippen molar-refractivity contribution in [1.29, 1.82) is 0 Å². The van der Waals surface area contributed by atoms with Gasteiger partial charge >= 0.3 is 0 Å². The number of rotatable bonds is 10. The summed E-state index contributed by atoms with van der Waals surface area (Å²) in [6, 6.07) is 3.82. The van der Waals surface area contributed by atoms with Gasteiger partial charge in [0.1, 0.15) is 11.5 Å². The van der Waals surface area contributed by atoms with Crippen molar-refractivity contribution in [1.82, 2.24) is 9.97 Å². The average Bonchev–Trinajstić information content (AvgIpc) is 3.61. The van der Waals surface area contributed by atoms with E-state index in [4.69, 9.17) is 10.7 Å². The van der Waals surface area contributed by atoms with E-state index in [0.29, 0.717) is 30.8 Å². The van der Waals surface area contributed by atoms with Crippen molar-refractivity contribution in [3.63, 3.8) is 0 Å². The Morgan fingerprint density at radius 3 is 2.61 bits per heavy atom. The summed E-state index contributed by atoms with van der Waals surface area (Å²) in [6.07, 6.45) is 6.48. The topological polar surface area (TPSA) is 81.2 Å². The standard InChI is InChI=1S/C27H37FN4O/c1-16(2)27(6,28)11-9-23-17(3)13-20(15-32-23)14-31-19(5)24-22(29)10-12-30-25(24)18(4)26(33)21-7-8-21/h10,12-13,15-16,18,21H,7-9,11,14H2,1-6H3,(H2,29,30). The zero-order valence-electron chi connectivity index (χ0n) is 20.8. The van der Waals surface area contributed by atoms with E-state index in [9.17, 15) is 9.18 Å². The number of ketones is 1. The maximum Gasteiger partial charge on any atom is 0.144 e. The third-order valence-corrected chi connectivity index (χ3v) is 6.99. The van der Waals surface area contributed by atoms with Gasteiger partial charge in [0.25, 0.3) is 0 Å². The number of carbonyl (C=O) groups is 1. The number of carbonyl (C=O) groups excluding carboxylic acids is 1. The lowest BCUT2D eigenvalue weighted by molar-refractivity contribution is -0.121. The van der Waals surface area contributed by atoms with Crippen LogP contribution in [0.3, 0.4) is 0 Å². The summed E-state index contributed by atoms with van der Waals surface area (Å²) in [5, 5.41) is 0. The minimum atomic E-state index is -1.20. The zero-order valence-corrected chi connectivity index (χ0v) is 20.8. The van der Waals surface area contributed by atoms with E-state index in [1.54, 1.807) is 19.2 Å². The second kappa shape index (κ2) is 10.1. The van der Waals surface area contributed by atoms with Crippen LogP contribution in [0, 0.1) is 18.8 Å². The highest BCUT2D eigenvalue weighted by Crippen LogP contribution is 2.36. The number of pyridine rings is 2. The summed E-state index contributed by atoms with van der Waals surface area (Å²) in [6.45, 7) is 11.8. The smallest absolute Gasteiger partial charge is 0.144 e. The Labute approximate surface area is 197 Å². The third kappa shape index (κ3) is 6.04. The van der Waals surface area contributed by atoms with Crippen LogP contribution >= 0.6 is 0 Å². The molecule has 2 N–H and O–H groups in total. The number of halogens is 1. The van der Waals surface area contributed by atoms with Crippen LogP contribution in [0.1, 0.15) is 87.9 Å². The molecule has 0 amide bonds. The molecule has 2 atom stereocenters. The van der Waals surface area contributed by atoms with Gasteiger partial charge in [-0.3, -0.25) is 19.8 Å². The highest BCUT2D eigenvalue weighted by molar-refractivity contribution is 6.05. The Kier molecular flexibility index (Phi) is 7.65. The van der Waals surface area contributed by atoms with Gasteiger partial charge in [-0.25, -0.2) is 4.39 Å². The number of nitrogens with two attached hydrogens (primary N) is 1. The van der Waals surface area contributed by atoms with Crippen LogP contribution in [-0.4, -0.2) is 27.1 Å². The normalized spacial score (nSPS) is 17.2. The van der Waals surface area contributed by atoms with Gasteiger partial charge < -0.3 is 5.73 Å². The molecular weight excluding hydrogens is 415 g/mol. The quantitative estimate of drug-likeness (QED) is 0.464. The van der Waals surface area contributed by atoms with E-state index in [1.165, 1.54) is 0 Å². The summed E-state index contributed by atoms with van der Waals surface area (Å²) in [4.78, 5) is 26.5. The third-order valence-electron chi connectivity index (χ3n) is 6.99. The fraction of sp³-hybridized carbons (Fsp3) is 0.556. The van der Waals surface area contributed by atoms with Crippen molar-refractivity contribution in [2.45, 2.75) is 85.4 Å². The lowest BCUT2D eigenvalue weighted by Crippen LogP contribution is -2.26. The molecule has 2 aromatic rings. The predicted molar refractivity (Wildman–Crippen MR) is 132 cm³/mol. The van der Waals surface area contributed by atoms with Crippen LogP contribution in [0.15, 0.2) is 29.5 Å².